The monoisotopic (exact) mass is 303 g/mol. The standard InChI is InChI=1S/C13H15ClFNO4/c14-10-5-9(1-3-11(10)15)2-4-12(20)16-13(6-17,7-18)8-19/h1-5,17-19H,6-8H2,(H,16,20)/b4-2+. The quantitative estimate of drug-likeness (QED) is 0.570. The average molecular weight is 304 g/mol. The lowest BCUT2D eigenvalue weighted by atomic mass is 10.0. The van der Waals surface area contributed by atoms with Crippen LogP contribution < -0.4 is 5.32 Å². The molecule has 0 atom stereocenters. The Morgan fingerprint density at radius 2 is 1.90 bits per heavy atom. The molecule has 4 N–H and O–H groups in total. The van der Waals surface area contributed by atoms with Crippen molar-refractivity contribution < 1.29 is 24.5 Å². The van der Waals surface area contributed by atoms with Crippen LogP contribution in [0.25, 0.3) is 6.08 Å². The molecule has 0 saturated carbocycles. The highest BCUT2D eigenvalue weighted by Crippen LogP contribution is 2.16. The summed E-state index contributed by atoms with van der Waals surface area (Å²) in [6.45, 7) is -1.83. The molecule has 1 amide bonds. The second kappa shape index (κ2) is 7.35. The van der Waals surface area contributed by atoms with E-state index in [1.807, 2.05) is 0 Å². The number of aliphatic hydroxyl groups is 3. The number of carbonyl (C=O) groups excluding carboxylic acids is 1. The van der Waals surface area contributed by atoms with Crippen LogP contribution in [0.2, 0.25) is 5.02 Å². The molecular weight excluding hydrogens is 289 g/mol. The van der Waals surface area contributed by atoms with Crippen molar-refractivity contribution in [3.63, 3.8) is 0 Å². The van der Waals surface area contributed by atoms with E-state index in [1.165, 1.54) is 24.3 Å². The van der Waals surface area contributed by atoms with E-state index in [9.17, 15) is 9.18 Å². The third kappa shape index (κ3) is 4.28. The normalized spacial score (nSPS) is 11.8. The van der Waals surface area contributed by atoms with E-state index in [0.717, 1.165) is 6.08 Å². The first kappa shape index (κ1) is 16.6. The molecule has 1 aromatic rings. The maximum absolute atomic E-state index is 12.9. The van der Waals surface area contributed by atoms with Gasteiger partial charge in [0.25, 0.3) is 0 Å². The van der Waals surface area contributed by atoms with Gasteiger partial charge in [-0.15, -0.1) is 0 Å². The average Bonchev–Trinajstić information content (AvgIpc) is 2.46. The molecule has 0 aliphatic carbocycles. The highest BCUT2D eigenvalue weighted by Gasteiger charge is 2.29. The molecule has 0 aliphatic rings. The second-order valence-electron chi connectivity index (χ2n) is 4.25. The Balaban J connectivity index is 2.74. The molecule has 0 spiro atoms. The molecular formula is C13H15ClFNO4. The molecule has 0 aliphatic heterocycles. The third-order valence-electron chi connectivity index (χ3n) is 2.67. The fraction of sp³-hybridized carbons (Fsp3) is 0.308. The van der Waals surface area contributed by atoms with Gasteiger partial charge in [-0.2, -0.15) is 0 Å². The molecule has 0 fully saturated rings. The predicted molar refractivity (Wildman–Crippen MR) is 72.6 cm³/mol. The molecule has 0 aromatic heterocycles. The van der Waals surface area contributed by atoms with Crippen LogP contribution in [-0.4, -0.2) is 46.6 Å². The maximum Gasteiger partial charge on any atom is 0.244 e. The lowest BCUT2D eigenvalue weighted by Crippen LogP contribution is -2.56. The molecule has 5 nitrogen and oxygen atoms in total. The third-order valence-corrected chi connectivity index (χ3v) is 2.96. The van der Waals surface area contributed by atoms with Crippen molar-refractivity contribution in [1.82, 2.24) is 5.32 Å². The van der Waals surface area contributed by atoms with E-state index in [0.29, 0.717) is 5.56 Å². The van der Waals surface area contributed by atoms with E-state index in [4.69, 9.17) is 26.9 Å². The highest BCUT2D eigenvalue weighted by molar-refractivity contribution is 6.30. The Kier molecular flexibility index (Phi) is 6.09. The van der Waals surface area contributed by atoms with Crippen LogP contribution in [0.1, 0.15) is 5.56 Å². The van der Waals surface area contributed by atoms with Gasteiger partial charge in [-0.25, -0.2) is 4.39 Å². The van der Waals surface area contributed by atoms with Crippen molar-refractivity contribution in [2.24, 2.45) is 0 Å². The number of aliphatic hydroxyl groups excluding tert-OH is 3. The Morgan fingerprint density at radius 3 is 2.40 bits per heavy atom. The van der Waals surface area contributed by atoms with Crippen LogP contribution in [0.5, 0.6) is 0 Å². The van der Waals surface area contributed by atoms with E-state index in [1.54, 1.807) is 0 Å². The molecule has 20 heavy (non-hydrogen) atoms. The number of amides is 1. The van der Waals surface area contributed by atoms with Crippen molar-refractivity contribution in [1.29, 1.82) is 0 Å². The topological polar surface area (TPSA) is 89.8 Å². The maximum atomic E-state index is 12.9. The van der Waals surface area contributed by atoms with Gasteiger partial charge in [-0.1, -0.05) is 17.7 Å². The van der Waals surface area contributed by atoms with Gasteiger partial charge in [-0.05, 0) is 23.8 Å². The minimum atomic E-state index is -1.48. The summed E-state index contributed by atoms with van der Waals surface area (Å²) in [6.07, 6.45) is 2.51. The van der Waals surface area contributed by atoms with E-state index >= 15 is 0 Å². The van der Waals surface area contributed by atoms with Crippen molar-refractivity contribution in [3.05, 3.63) is 40.7 Å². The molecule has 7 heteroatoms. The van der Waals surface area contributed by atoms with Crippen molar-refractivity contribution >= 4 is 23.6 Å². The number of nitrogens with one attached hydrogen (secondary N) is 1. The minimum absolute atomic E-state index is 0.0667. The summed E-state index contributed by atoms with van der Waals surface area (Å²) >= 11 is 5.59. The zero-order chi connectivity index (χ0) is 15.2. The Bertz CT molecular complexity index is 495. The fourth-order valence-electron chi connectivity index (χ4n) is 1.36. The van der Waals surface area contributed by atoms with E-state index < -0.39 is 37.1 Å². The summed E-state index contributed by atoms with van der Waals surface area (Å²) in [5.74, 6) is -1.18. The SMILES string of the molecule is O=C(/C=C/c1ccc(F)c(Cl)c1)NC(CO)(CO)CO. The predicted octanol–water partition coefficient (Wildman–Crippen LogP) is 0.324. The summed E-state index contributed by atoms with van der Waals surface area (Å²) in [5.41, 5.74) is -0.976. The Labute approximate surface area is 120 Å². The van der Waals surface area contributed by atoms with Crippen LogP contribution >= 0.6 is 11.6 Å². The number of benzene rings is 1. The minimum Gasteiger partial charge on any atom is -0.394 e. The highest BCUT2D eigenvalue weighted by atomic mass is 35.5. The molecule has 1 aromatic carbocycles. The Morgan fingerprint density at radius 1 is 1.30 bits per heavy atom. The zero-order valence-corrected chi connectivity index (χ0v) is 11.3. The van der Waals surface area contributed by atoms with Gasteiger partial charge < -0.3 is 20.6 Å². The van der Waals surface area contributed by atoms with Gasteiger partial charge >= 0.3 is 0 Å². The van der Waals surface area contributed by atoms with Gasteiger partial charge in [0.2, 0.25) is 5.91 Å². The van der Waals surface area contributed by atoms with Gasteiger partial charge in [-0.3, -0.25) is 4.79 Å². The number of hydrogen-bond acceptors (Lipinski definition) is 4. The zero-order valence-electron chi connectivity index (χ0n) is 10.5. The second-order valence-corrected chi connectivity index (χ2v) is 4.66. The van der Waals surface area contributed by atoms with Crippen LogP contribution in [0, 0.1) is 5.82 Å². The first-order valence-corrected chi connectivity index (χ1v) is 6.12. The lowest BCUT2D eigenvalue weighted by Gasteiger charge is -2.27. The molecule has 0 bridgehead atoms. The van der Waals surface area contributed by atoms with Crippen LogP contribution in [0.4, 0.5) is 4.39 Å². The fourth-order valence-corrected chi connectivity index (χ4v) is 1.55. The molecule has 110 valence electrons. The van der Waals surface area contributed by atoms with Crippen molar-refractivity contribution in [2.45, 2.75) is 5.54 Å². The van der Waals surface area contributed by atoms with Gasteiger partial charge in [0.05, 0.1) is 24.8 Å². The molecule has 0 saturated heterocycles. The van der Waals surface area contributed by atoms with Crippen molar-refractivity contribution in [2.75, 3.05) is 19.8 Å². The number of rotatable bonds is 6. The number of halogens is 2. The summed E-state index contributed by atoms with van der Waals surface area (Å²) in [4.78, 5) is 11.6. The van der Waals surface area contributed by atoms with E-state index in [2.05, 4.69) is 5.32 Å². The van der Waals surface area contributed by atoms with Gasteiger partial charge in [0.1, 0.15) is 11.4 Å². The van der Waals surface area contributed by atoms with E-state index in [-0.39, 0.29) is 5.02 Å². The van der Waals surface area contributed by atoms with Crippen LogP contribution in [0.15, 0.2) is 24.3 Å². The van der Waals surface area contributed by atoms with Crippen LogP contribution in [-0.2, 0) is 4.79 Å². The smallest absolute Gasteiger partial charge is 0.244 e. The van der Waals surface area contributed by atoms with Gasteiger partial charge in [0, 0.05) is 6.08 Å². The molecule has 0 unspecified atom stereocenters. The summed E-state index contributed by atoms with van der Waals surface area (Å²) in [7, 11) is 0. The molecule has 0 heterocycles. The van der Waals surface area contributed by atoms with Crippen LogP contribution in [0.3, 0.4) is 0 Å². The summed E-state index contributed by atoms with van der Waals surface area (Å²) in [5, 5.41) is 29.4. The first-order valence-electron chi connectivity index (χ1n) is 5.74. The summed E-state index contributed by atoms with van der Waals surface area (Å²) < 4.78 is 12.9. The molecule has 1 rings (SSSR count). The van der Waals surface area contributed by atoms with Crippen molar-refractivity contribution in [3.8, 4) is 0 Å². The first-order chi connectivity index (χ1) is 9.46. The van der Waals surface area contributed by atoms with Gasteiger partial charge in [0.15, 0.2) is 0 Å². The lowest BCUT2D eigenvalue weighted by molar-refractivity contribution is -0.120. The largest absolute Gasteiger partial charge is 0.394 e. The number of carbonyl (C=O) groups is 1. The Hall–Kier alpha value is -1.47. The molecule has 0 radical (unpaired) electrons. The number of hydrogen-bond donors (Lipinski definition) is 4. The summed E-state index contributed by atoms with van der Waals surface area (Å²) in [6, 6.07) is 3.94.